The number of nitro groups is 1. The fourth-order valence-corrected chi connectivity index (χ4v) is 4.01. The number of rotatable bonds is 4. The molecule has 0 N–H and O–H groups in total. The zero-order chi connectivity index (χ0) is 17.2. The molecule has 1 aliphatic heterocycles. The van der Waals surface area contributed by atoms with Gasteiger partial charge in [0, 0.05) is 30.8 Å². The lowest BCUT2D eigenvalue weighted by Crippen LogP contribution is -2.32. The summed E-state index contributed by atoms with van der Waals surface area (Å²) < 4.78 is 2.12. The monoisotopic (exact) mass is 341 g/mol. The fourth-order valence-electron chi connectivity index (χ4n) is 4.01. The van der Waals surface area contributed by atoms with E-state index in [1.54, 1.807) is 24.3 Å². The topological polar surface area (TPSA) is 77.1 Å². The minimum atomic E-state index is -0.370. The minimum absolute atomic E-state index is 0.103. The van der Waals surface area contributed by atoms with Crippen molar-refractivity contribution in [1.82, 2.24) is 15.0 Å². The Morgan fingerprint density at radius 1 is 1.00 bits per heavy atom. The lowest BCUT2D eigenvalue weighted by molar-refractivity contribution is -0.384. The van der Waals surface area contributed by atoms with Crippen LogP contribution >= 0.6 is 0 Å². The maximum absolute atomic E-state index is 10.9. The van der Waals surface area contributed by atoms with Gasteiger partial charge in [0.05, 0.1) is 11.0 Å². The number of nitro benzene ring substituents is 1. The van der Waals surface area contributed by atoms with Crippen LogP contribution in [0.5, 0.6) is 0 Å². The summed E-state index contributed by atoms with van der Waals surface area (Å²) in [5.74, 6) is 1.10. The summed E-state index contributed by atoms with van der Waals surface area (Å²) in [6.45, 7) is 2.06. The van der Waals surface area contributed by atoms with Gasteiger partial charge >= 0.3 is 0 Å². The molecule has 0 atom stereocenters. The highest BCUT2D eigenvalue weighted by Crippen LogP contribution is 2.38. The van der Waals surface area contributed by atoms with Gasteiger partial charge in [0.25, 0.3) is 5.69 Å². The summed E-state index contributed by atoms with van der Waals surface area (Å²) in [7, 11) is 0. The van der Waals surface area contributed by atoms with Gasteiger partial charge < -0.3 is 4.90 Å². The number of benzene rings is 1. The molecule has 132 valence electrons. The summed E-state index contributed by atoms with van der Waals surface area (Å²) in [5, 5.41) is 19.9. The Bertz CT molecular complexity index is 743. The van der Waals surface area contributed by atoms with Crippen molar-refractivity contribution in [3.05, 3.63) is 34.4 Å². The first-order valence-electron chi connectivity index (χ1n) is 9.19. The molecule has 0 unspecified atom stereocenters. The smallest absolute Gasteiger partial charge is 0.269 e. The summed E-state index contributed by atoms with van der Waals surface area (Å²) in [4.78, 5) is 12.9. The lowest BCUT2D eigenvalue weighted by atomic mass is 10.1. The van der Waals surface area contributed by atoms with Crippen molar-refractivity contribution in [2.24, 2.45) is 0 Å². The molecular formula is C18H23N5O2. The molecule has 2 heterocycles. The molecule has 0 amide bonds. The summed E-state index contributed by atoms with van der Waals surface area (Å²) in [5.41, 5.74) is 1.85. The van der Waals surface area contributed by atoms with Crippen molar-refractivity contribution in [1.29, 1.82) is 0 Å². The van der Waals surface area contributed by atoms with Gasteiger partial charge in [-0.15, -0.1) is 5.10 Å². The maximum Gasteiger partial charge on any atom is 0.269 e. The molecule has 1 aliphatic carbocycles. The second-order valence-electron chi connectivity index (χ2n) is 7.00. The molecule has 7 nitrogen and oxygen atoms in total. The van der Waals surface area contributed by atoms with E-state index >= 15 is 0 Å². The highest BCUT2D eigenvalue weighted by molar-refractivity contribution is 5.73. The van der Waals surface area contributed by atoms with Crippen LogP contribution in [0.3, 0.4) is 0 Å². The van der Waals surface area contributed by atoms with E-state index in [1.807, 2.05) is 0 Å². The molecule has 4 rings (SSSR count). The van der Waals surface area contributed by atoms with E-state index in [4.69, 9.17) is 0 Å². The third-order valence-electron chi connectivity index (χ3n) is 5.35. The van der Waals surface area contributed by atoms with Crippen LogP contribution in [-0.4, -0.2) is 33.0 Å². The molecule has 0 spiro atoms. The van der Waals surface area contributed by atoms with Crippen LogP contribution in [0.2, 0.25) is 0 Å². The van der Waals surface area contributed by atoms with Crippen molar-refractivity contribution in [2.45, 2.75) is 51.0 Å². The predicted molar refractivity (Wildman–Crippen MR) is 95.7 cm³/mol. The van der Waals surface area contributed by atoms with Crippen molar-refractivity contribution in [3.63, 3.8) is 0 Å². The first-order chi connectivity index (χ1) is 12.2. The van der Waals surface area contributed by atoms with E-state index < -0.39 is 0 Å². The highest BCUT2D eigenvalue weighted by atomic mass is 16.6. The van der Waals surface area contributed by atoms with Crippen LogP contribution in [0.4, 0.5) is 11.5 Å². The lowest BCUT2D eigenvalue weighted by Gasteiger charge is -2.30. The molecule has 1 aromatic carbocycles. The van der Waals surface area contributed by atoms with E-state index in [9.17, 15) is 10.1 Å². The molecule has 2 aliphatic rings. The van der Waals surface area contributed by atoms with E-state index in [-0.39, 0.29) is 10.6 Å². The first kappa shape index (κ1) is 16.1. The SMILES string of the molecule is O=[N+]([O-])c1ccc(-c2nnn(C3CCCC3)c2N2CCCCC2)cc1. The molecule has 25 heavy (non-hydrogen) atoms. The largest absolute Gasteiger partial charge is 0.355 e. The molecule has 2 aromatic rings. The Kier molecular flexibility index (Phi) is 4.38. The molecule has 2 fully saturated rings. The van der Waals surface area contributed by atoms with Crippen LogP contribution in [0, 0.1) is 10.1 Å². The molecule has 0 bridgehead atoms. The number of piperidine rings is 1. The number of anilines is 1. The van der Waals surface area contributed by atoms with Gasteiger partial charge in [0.1, 0.15) is 5.69 Å². The Morgan fingerprint density at radius 2 is 1.68 bits per heavy atom. The average molecular weight is 341 g/mol. The molecule has 7 heteroatoms. The summed E-state index contributed by atoms with van der Waals surface area (Å²) in [6, 6.07) is 7.09. The van der Waals surface area contributed by atoms with Gasteiger partial charge in [-0.05, 0) is 44.2 Å². The second kappa shape index (κ2) is 6.82. The van der Waals surface area contributed by atoms with Crippen molar-refractivity contribution in [2.75, 3.05) is 18.0 Å². The third kappa shape index (κ3) is 3.10. The van der Waals surface area contributed by atoms with Crippen LogP contribution in [0.1, 0.15) is 51.0 Å². The Morgan fingerprint density at radius 3 is 2.32 bits per heavy atom. The molecule has 1 saturated heterocycles. The van der Waals surface area contributed by atoms with Crippen molar-refractivity contribution < 1.29 is 4.92 Å². The number of hydrogen-bond acceptors (Lipinski definition) is 5. The summed E-state index contributed by atoms with van der Waals surface area (Å²) in [6.07, 6.45) is 8.46. The predicted octanol–water partition coefficient (Wildman–Crippen LogP) is 3.96. The zero-order valence-electron chi connectivity index (χ0n) is 14.3. The van der Waals surface area contributed by atoms with Gasteiger partial charge in [-0.2, -0.15) is 0 Å². The fraction of sp³-hybridized carbons (Fsp3) is 0.556. The van der Waals surface area contributed by atoms with Gasteiger partial charge in [0.2, 0.25) is 0 Å². The first-order valence-corrected chi connectivity index (χ1v) is 9.19. The van der Waals surface area contributed by atoms with Crippen LogP contribution < -0.4 is 4.90 Å². The number of aromatic nitrogens is 3. The van der Waals surface area contributed by atoms with Crippen LogP contribution in [-0.2, 0) is 0 Å². The number of nitrogens with zero attached hydrogens (tertiary/aromatic N) is 5. The van der Waals surface area contributed by atoms with Crippen LogP contribution in [0.25, 0.3) is 11.3 Å². The van der Waals surface area contributed by atoms with Crippen molar-refractivity contribution in [3.8, 4) is 11.3 Å². The minimum Gasteiger partial charge on any atom is -0.355 e. The van der Waals surface area contributed by atoms with E-state index in [0.29, 0.717) is 6.04 Å². The Hall–Kier alpha value is -2.44. The van der Waals surface area contributed by atoms with Gasteiger partial charge in [-0.1, -0.05) is 18.1 Å². The van der Waals surface area contributed by atoms with E-state index in [1.165, 1.54) is 32.1 Å². The average Bonchev–Trinajstić information content (AvgIpc) is 3.32. The quantitative estimate of drug-likeness (QED) is 0.621. The van der Waals surface area contributed by atoms with E-state index in [2.05, 4.69) is 19.9 Å². The molecular weight excluding hydrogens is 318 g/mol. The number of non-ortho nitro benzene ring substituents is 1. The Labute approximate surface area is 146 Å². The van der Waals surface area contributed by atoms with Gasteiger partial charge in [-0.25, -0.2) is 4.68 Å². The maximum atomic E-state index is 10.9. The molecule has 1 aromatic heterocycles. The molecule has 0 radical (unpaired) electrons. The van der Waals surface area contributed by atoms with Crippen LogP contribution in [0.15, 0.2) is 24.3 Å². The van der Waals surface area contributed by atoms with Gasteiger partial charge in [-0.3, -0.25) is 10.1 Å². The summed E-state index contributed by atoms with van der Waals surface area (Å²) >= 11 is 0. The highest BCUT2D eigenvalue weighted by Gasteiger charge is 2.28. The molecule has 1 saturated carbocycles. The van der Waals surface area contributed by atoms with E-state index in [0.717, 1.165) is 43.0 Å². The number of hydrogen-bond donors (Lipinski definition) is 0. The van der Waals surface area contributed by atoms with Crippen molar-refractivity contribution >= 4 is 11.5 Å². The zero-order valence-corrected chi connectivity index (χ0v) is 14.3. The second-order valence-corrected chi connectivity index (χ2v) is 7.00. The normalized spacial score (nSPS) is 18.6. The third-order valence-corrected chi connectivity index (χ3v) is 5.35. The standard InChI is InChI=1S/C18H23N5O2/c24-23(25)16-10-8-14(9-11-16)17-18(21-12-4-1-5-13-21)22(20-19-17)15-6-2-3-7-15/h8-11,15H,1-7,12-13H2. The Balaban J connectivity index is 1.74. The van der Waals surface area contributed by atoms with Gasteiger partial charge in [0.15, 0.2) is 5.82 Å².